The largest absolute Gasteiger partial charge is 0.494 e. The summed E-state index contributed by atoms with van der Waals surface area (Å²) >= 11 is 0. The van der Waals surface area contributed by atoms with Crippen molar-refractivity contribution in [2.75, 3.05) is 12.4 Å². The molecular weight excluding hydrogens is 231 g/mol. The monoisotopic (exact) mass is 246 g/mol. The molecule has 1 heterocycles. The molecule has 0 saturated carbocycles. The zero-order chi connectivity index (χ0) is 13.0. The Bertz CT molecular complexity index is 543. The van der Waals surface area contributed by atoms with Crippen molar-refractivity contribution in [3.05, 3.63) is 53.6 Å². The maximum Gasteiger partial charge on any atom is 0.165 e. The van der Waals surface area contributed by atoms with E-state index < -0.39 is 0 Å². The van der Waals surface area contributed by atoms with Crippen LogP contribution in [0.4, 0.5) is 10.1 Å². The first kappa shape index (κ1) is 12.4. The van der Waals surface area contributed by atoms with E-state index in [9.17, 15) is 4.39 Å². The second-order valence-corrected chi connectivity index (χ2v) is 4.01. The fourth-order valence-corrected chi connectivity index (χ4v) is 1.65. The van der Waals surface area contributed by atoms with Gasteiger partial charge in [-0.3, -0.25) is 4.98 Å². The Labute approximate surface area is 106 Å². The maximum atomic E-state index is 13.2. The van der Waals surface area contributed by atoms with Crippen LogP contribution < -0.4 is 10.1 Å². The van der Waals surface area contributed by atoms with Gasteiger partial charge >= 0.3 is 0 Å². The summed E-state index contributed by atoms with van der Waals surface area (Å²) in [6.45, 7) is 2.68. The van der Waals surface area contributed by atoms with E-state index in [0.29, 0.717) is 6.54 Å². The number of benzene rings is 1. The zero-order valence-electron chi connectivity index (χ0n) is 10.4. The number of ether oxygens (including phenoxy) is 1. The van der Waals surface area contributed by atoms with Gasteiger partial charge in [0.2, 0.25) is 0 Å². The van der Waals surface area contributed by atoms with Crippen molar-refractivity contribution < 1.29 is 9.13 Å². The Balaban J connectivity index is 2.09. The Morgan fingerprint density at radius 1 is 1.33 bits per heavy atom. The first-order chi connectivity index (χ1) is 8.70. The molecule has 0 spiro atoms. The van der Waals surface area contributed by atoms with Gasteiger partial charge in [0.25, 0.3) is 0 Å². The summed E-state index contributed by atoms with van der Waals surface area (Å²) in [6.07, 6.45) is 3.59. The van der Waals surface area contributed by atoms with Gasteiger partial charge in [-0.15, -0.1) is 0 Å². The zero-order valence-corrected chi connectivity index (χ0v) is 10.4. The first-order valence-electron chi connectivity index (χ1n) is 5.67. The highest BCUT2D eigenvalue weighted by Crippen LogP contribution is 2.22. The van der Waals surface area contributed by atoms with Crippen molar-refractivity contribution in [3.63, 3.8) is 0 Å². The summed E-state index contributed by atoms with van der Waals surface area (Å²) in [4.78, 5) is 4.08. The van der Waals surface area contributed by atoms with Crippen molar-refractivity contribution >= 4 is 5.69 Å². The molecule has 0 bridgehead atoms. The maximum absolute atomic E-state index is 13.2. The van der Waals surface area contributed by atoms with E-state index in [1.807, 2.05) is 19.2 Å². The van der Waals surface area contributed by atoms with Crippen LogP contribution >= 0.6 is 0 Å². The van der Waals surface area contributed by atoms with Gasteiger partial charge < -0.3 is 10.1 Å². The van der Waals surface area contributed by atoms with Crippen LogP contribution in [0.3, 0.4) is 0 Å². The predicted octanol–water partition coefficient (Wildman–Crippen LogP) is 3.15. The van der Waals surface area contributed by atoms with Crippen LogP contribution in [0, 0.1) is 12.7 Å². The Morgan fingerprint density at radius 3 is 2.89 bits per heavy atom. The summed E-state index contributed by atoms with van der Waals surface area (Å²) in [5.74, 6) is -0.122. The molecule has 94 valence electrons. The number of nitrogens with one attached hydrogen (secondary N) is 1. The van der Waals surface area contributed by atoms with E-state index in [1.54, 1.807) is 18.3 Å². The molecule has 2 rings (SSSR count). The molecule has 0 atom stereocenters. The Morgan fingerprint density at radius 2 is 2.17 bits per heavy atom. The van der Waals surface area contributed by atoms with Crippen LogP contribution in [0.15, 0.2) is 36.7 Å². The first-order valence-corrected chi connectivity index (χ1v) is 5.67. The number of hydrogen-bond donors (Lipinski definition) is 1. The number of aromatic nitrogens is 1. The van der Waals surface area contributed by atoms with Crippen molar-refractivity contribution in [1.29, 1.82) is 0 Å². The number of rotatable bonds is 4. The van der Waals surface area contributed by atoms with Gasteiger partial charge in [0.1, 0.15) is 0 Å². The molecule has 0 aliphatic carbocycles. The third-order valence-electron chi connectivity index (χ3n) is 2.78. The van der Waals surface area contributed by atoms with E-state index in [-0.39, 0.29) is 11.6 Å². The molecule has 18 heavy (non-hydrogen) atoms. The molecule has 0 aliphatic rings. The molecule has 0 amide bonds. The second kappa shape index (κ2) is 5.49. The van der Waals surface area contributed by atoms with Crippen molar-refractivity contribution in [3.8, 4) is 5.75 Å². The topological polar surface area (TPSA) is 34.1 Å². The lowest BCUT2D eigenvalue weighted by Crippen LogP contribution is -2.02. The number of hydrogen-bond acceptors (Lipinski definition) is 3. The fourth-order valence-electron chi connectivity index (χ4n) is 1.65. The summed E-state index contributed by atoms with van der Waals surface area (Å²) < 4.78 is 18.2. The molecule has 4 heteroatoms. The van der Waals surface area contributed by atoms with E-state index in [0.717, 1.165) is 11.3 Å². The van der Waals surface area contributed by atoms with Gasteiger partial charge in [0.15, 0.2) is 11.6 Å². The predicted molar refractivity (Wildman–Crippen MR) is 69.3 cm³/mol. The van der Waals surface area contributed by atoms with Crippen LogP contribution in [-0.4, -0.2) is 12.1 Å². The average molecular weight is 246 g/mol. The molecule has 2 aromatic rings. The summed E-state index contributed by atoms with van der Waals surface area (Å²) in [6, 6.07) is 6.67. The highest BCUT2D eigenvalue weighted by atomic mass is 19.1. The van der Waals surface area contributed by atoms with Crippen molar-refractivity contribution in [2.45, 2.75) is 13.5 Å². The van der Waals surface area contributed by atoms with Gasteiger partial charge in [0.05, 0.1) is 7.11 Å². The highest BCUT2D eigenvalue weighted by molar-refractivity contribution is 5.49. The molecule has 0 fully saturated rings. The second-order valence-electron chi connectivity index (χ2n) is 4.01. The lowest BCUT2D eigenvalue weighted by atomic mass is 10.1. The molecule has 0 saturated heterocycles. The minimum atomic E-state index is -0.361. The van der Waals surface area contributed by atoms with Gasteiger partial charge in [-0.05, 0) is 36.2 Å². The summed E-state index contributed by atoms with van der Waals surface area (Å²) in [7, 11) is 1.45. The van der Waals surface area contributed by atoms with E-state index in [4.69, 9.17) is 4.74 Å². The molecule has 1 N–H and O–H groups in total. The number of aryl methyl sites for hydroxylation is 1. The Kier molecular flexibility index (Phi) is 3.77. The minimum Gasteiger partial charge on any atom is -0.494 e. The smallest absolute Gasteiger partial charge is 0.165 e. The lowest BCUT2D eigenvalue weighted by molar-refractivity contribution is 0.387. The van der Waals surface area contributed by atoms with Gasteiger partial charge in [-0.25, -0.2) is 4.39 Å². The Hall–Kier alpha value is -2.10. The van der Waals surface area contributed by atoms with Crippen LogP contribution in [0.25, 0.3) is 0 Å². The normalized spacial score (nSPS) is 10.2. The SMILES string of the molecule is COc1cc(NCc2cnccc2C)ccc1F. The van der Waals surface area contributed by atoms with Crippen LogP contribution in [0.2, 0.25) is 0 Å². The van der Waals surface area contributed by atoms with E-state index in [2.05, 4.69) is 10.3 Å². The molecular formula is C14H15FN2O. The van der Waals surface area contributed by atoms with E-state index in [1.165, 1.54) is 18.7 Å². The number of methoxy groups -OCH3 is 1. The van der Waals surface area contributed by atoms with E-state index >= 15 is 0 Å². The van der Waals surface area contributed by atoms with Gasteiger partial charge in [-0.2, -0.15) is 0 Å². The van der Waals surface area contributed by atoms with Crippen molar-refractivity contribution in [2.24, 2.45) is 0 Å². The standard InChI is InChI=1S/C14H15FN2O/c1-10-5-6-16-8-11(10)9-17-12-3-4-13(15)14(7-12)18-2/h3-8,17H,9H2,1-2H3. The number of anilines is 1. The number of nitrogens with zero attached hydrogens (tertiary/aromatic N) is 1. The quantitative estimate of drug-likeness (QED) is 0.899. The third-order valence-corrected chi connectivity index (χ3v) is 2.78. The number of halogens is 1. The molecule has 1 aromatic carbocycles. The van der Waals surface area contributed by atoms with Gasteiger partial charge in [0, 0.05) is 30.7 Å². The fraction of sp³-hybridized carbons (Fsp3) is 0.214. The molecule has 0 radical (unpaired) electrons. The minimum absolute atomic E-state index is 0.239. The molecule has 0 unspecified atom stereocenters. The van der Waals surface area contributed by atoms with Crippen LogP contribution in [0.5, 0.6) is 5.75 Å². The molecule has 3 nitrogen and oxygen atoms in total. The van der Waals surface area contributed by atoms with Crippen molar-refractivity contribution in [1.82, 2.24) is 4.98 Å². The lowest BCUT2D eigenvalue weighted by Gasteiger charge is -2.10. The third kappa shape index (κ3) is 2.77. The summed E-state index contributed by atoms with van der Waals surface area (Å²) in [5, 5.41) is 3.22. The summed E-state index contributed by atoms with van der Waals surface area (Å²) in [5.41, 5.74) is 3.10. The molecule has 1 aromatic heterocycles. The van der Waals surface area contributed by atoms with Gasteiger partial charge in [-0.1, -0.05) is 0 Å². The van der Waals surface area contributed by atoms with Crippen LogP contribution in [-0.2, 0) is 6.54 Å². The van der Waals surface area contributed by atoms with Crippen LogP contribution in [0.1, 0.15) is 11.1 Å². The average Bonchev–Trinajstić information content (AvgIpc) is 2.39. The highest BCUT2D eigenvalue weighted by Gasteiger charge is 2.04. The number of pyridine rings is 1. The molecule has 0 aliphatic heterocycles.